The van der Waals surface area contributed by atoms with Crippen molar-refractivity contribution < 1.29 is 4.79 Å². The molecule has 0 aliphatic carbocycles. The minimum absolute atomic E-state index is 0.321. The molecule has 0 saturated carbocycles. The number of rotatable bonds is 5. The van der Waals surface area contributed by atoms with Crippen molar-refractivity contribution in [2.24, 2.45) is 5.92 Å². The Bertz CT molecular complexity index is 215. The third-order valence-electron chi connectivity index (χ3n) is 3.79. The van der Waals surface area contributed by atoms with Gasteiger partial charge in [0, 0.05) is 12.5 Å². The molecule has 1 aliphatic heterocycles. The first kappa shape index (κ1) is 13.7. The number of Topliss-reactive ketones (excluding diaryl/α,β-unsaturated/α-hetero) is 1. The fraction of sp³-hybridized carbons (Fsp3) is 0.929. The summed E-state index contributed by atoms with van der Waals surface area (Å²) in [5, 5.41) is 0. The minimum atomic E-state index is 0.321. The van der Waals surface area contributed by atoms with Gasteiger partial charge in [-0.05, 0) is 52.1 Å². The zero-order chi connectivity index (χ0) is 12.0. The normalized spacial score (nSPS) is 25.1. The maximum atomic E-state index is 11.1. The van der Waals surface area contributed by atoms with Gasteiger partial charge in [-0.1, -0.05) is 19.8 Å². The summed E-state index contributed by atoms with van der Waals surface area (Å²) >= 11 is 0. The Labute approximate surface area is 100 Å². The molecule has 2 atom stereocenters. The van der Waals surface area contributed by atoms with Crippen LogP contribution in [0, 0.1) is 5.92 Å². The minimum Gasteiger partial charge on any atom is -0.300 e. The molecule has 1 rings (SSSR count). The zero-order valence-corrected chi connectivity index (χ0v) is 11.2. The molecule has 1 aliphatic rings. The van der Waals surface area contributed by atoms with Crippen LogP contribution in [0.1, 0.15) is 59.3 Å². The van der Waals surface area contributed by atoms with Crippen LogP contribution >= 0.6 is 0 Å². The molecule has 16 heavy (non-hydrogen) atoms. The second-order valence-corrected chi connectivity index (χ2v) is 5.38. The van der Waals surface area contributed by atoms with Crippen molar-refractivity contribution in [2.45, 2.75) is 65.3 Å². The van der Waals surface area contributed by atoms with E-state index in [0.29, 0.717) is 11.8 Å². The van der Waals surface area contributed by atoms with Gasteiger partial charge >= 0.3 is 0 Å². The van der Waals surface area contributed by atoms with Crippen molar-refractivity contribution in [1.29, 1.82) is 0 Å². The van der Waals surface area contributed by atoms with E-state index in [1.165, 1.54) is 45.2 Å². The fourth-order valence-electron chi connectivity index (χ4n) is 2.87. The predicted octanol–water partition coefficient (Wildman–Crippen LogP) is 3.26. The maximum Gasteiger partial charge on any atom is 0.131 e. The van der Waals surface area contributed by atoms with Gasteiger partial charge < -0.3 is 4.90 Å². The van der Waals surface area contributed by atoms with Crippen molar-refractivity contribution in [3.8, 4) is 0 Å². The summed E-state index contributed by atoms with van der Waals surface area (Å²) in [6, 6.07) is 0.442. The summed E-state index contributed by atoms with van der Waals surface area (Å²) < 4.78 is 0. The molecule has 1 saturated heterocycles. The molecular formula is C14H27NO. The molecule has 0 aromatic carbocycles. The van der Waals surface area contributed by atoms with Crippen LogP contribution < -0.4 is 0 Å². The molecule has 0 amide bonds. The summed E-state index contributed by atoms with van der Waals surface area (Å²) in [5.41, 5.74) is 0. The van der Waals surface area contributed by atoms with Gasteiger partial charge in [-0.25, -0.2) is 0 Å². The molecule has 0 N–H and O–H groups in total. The molecule has 94 valence electrons. The first-order valence-electron chi connectivity index (χ1n) is 6.87. The van der Waals surface area contributed by atoms with Gasteiger partial charge in [0.05, 0.1) is 0 Å². The third-order valence-corrected chi connectivity index (χ3v) is 3.79. The first-order valence-corrected chi connectivity index (χ1v) is 6.87. The molecule has 2 unspecified atom stereocenters. The highest BCUT2D eigenvalue weighted by Gasteiger charge is 2.20. The van der Waals surface area contributed by atoms with E-state index in [-0.39, 0.29) is 0 Å². The average molecular weight is 225 g/mol. The second-order valence-electron chi connectivity index (χ2n) is 5.38. The predicted molar refractivity (Wildman–Crippen MR) is 68.6 cm³/mol. The molecular weight excluding hydrogens is 198 g/mol. The van der Waals surface area contributed by atoms with Gasteiger partial charge in [-0.2, -0.15) is 0 Å². The number of nitrogens with zero attached hydrogens (tertiary/aromatic N) is 1. The van der Waals surface area contributed by atoms with Crippen molar-refractivity contribution in [1.82, 2.24) is 4.90 Å². The van der Waals surface area contributed by atoms with Crippen molar-refractivity contribution in [3.63, 3.8) is 0 Å². The summed E-state index contributed by atoms with van der Waals surface area (Å²) in [4.78, 5) is 13.6. The first-order chi connectivity index (χ1) is 7.63. The number of carbonyl (C=O) groups excluding carboxylic acids is 1. The van der Waals surface area contributed by atoms with Crippen LogP contribution in [0.5, 0.6) is 0 Å². The van der Waals surface area contributed by atoms with Crippen LogP contribution in [0.15, 0.2) is 0 Å². The Kier molecular flexibility index (Phi) is 6.04. The number of hydrogen-bond donors (Lipinski definition) is 0. The van der Waals surface area contributed by atoms with E-state index < -0.39 is 0 Å². The number of likely N-dealkylation sites (tertiary alicyclic amines) is 1. The molecule has 2 heteroatoms. The van der Waals surface area contributed by atoms with Crippen molar-refractivity contribution >= 4 is 5.78 Å². The second kappa shape index (κ2) is 7.05. The van der Waals surface area contributed by atoms with Crippen LogP contribution in [-0.2, 0) is 4.79 Å². The molecule has 0 spiro atoms. The lowest BCUT2D eigenvalue weighted by molar-refractivity contribution is -0.118. The highest BCUT2D eigenvalue weighted by Crippen LogP contribution is 2.23. The van der Waals surface area contributed by atoms with E-state index in [2.05, 4.69) is 18.7 Å². The number of carbonyl (C=O) groups is 1. The van der Waals surface area contributed by atoms with Crippen molar-refractivity contribution in [3.05, 3.63) is 0 Å². The third kappa shape index (κ3) is 4.65. The fourth-order valence-corrected chi connectivity index (χ4v) is 2.87. The standard InChI is InChI=1S/C14H27NO/c1-4-6-14-7-5-9-15(10-8-14)12(2)11-13(3)16/h12,14H,4-11H2,1-3H3. The quantitative estimate of drug-likeness (QED) is 0.716. The Morgan fingerprint density at radius 2 is 2.12 bits per heavy atom. The van der Waals surface area contributed by atoms with E-state index in [4.69, 9.17) is 0 Å². The topological polar surface area (TPSA) is 20.3 Å². The van der Waals surface area contributed by atoms with Gasteiger partial charge in [0.15, 0.2) is 0 Å². The van der Waals surface area contributed by atoms with Crippen LogP contribution in [-0.4, -0.2) is 29.8 Å². The molecule has 0 aromatic rings. The van der Waals surface area contributed by atoms with Crippen LogP contribution in [0.3, 0.4) is 0 Å². The van der Waals surface area contributed by atoms with E-state index >= 15 is 0 Å². The highest BCUT2D eigenvalue weighted by atomic mass is 16.1. The number of hydrogen-bond acceptors (Lipinski definition) is 2. The van der Waals surface area contributed by atoms with Crippen molar-refractivity contribution in [2.75, 3.05) is 13.1 Å². The smallest absolute Gasteiger partial charge is 0.131 e. The molecule has 0 bridgehead atoms. The molecule has 2 nitrogen and oxygen atoms in total. The van der Waals surface area contributed by atoms with E-state index in [1.54, 1.807) is 6.92 Å². The lowest BCUT2D eigenvalue weighted by Crippen LogP contribution is -2.35. The summed E-state index contributed by atoms with van der Waals surface area (Å²) in [6.45, 7) is 8.56. The van der Waals surface area contributed by atoms with Crippen LogP contribution in [0.25, 0.3) is 0 Å². The molecule has 1 fully saturated rings. The van der Waals surface area contributed by atoms with E-state index in [9.17, 15) is 4.79 Å². The highest BCUT2D eigenvalue weighted by molar-refractivity contribution is 5.76. The lowest BCUT2D eigenvalue weighted by atomic mass is 9.96. The van der Waals surface area contributed by atoms with Gasteiger partial charge in [0.1, 0.15) is 5.78 Å². The van der Waals surface area contributed by atoms with Gasteiger partial charge in [-0.15, -0.1) is 0 Å². The lowest BCUT2D eigenvalue weighted by Gasteiger charge is -2.26. The zero-order valence-electron chi connectivity index (χ0n) is 11.2. The summed E-state index contributed by atoms with van der Waals surface area (Å²) in [5.74, 6) is 1.25. The SMILES string of the molecule is CCCC1CCCN(C(C)CC(C)=O)CC1. The van der Waals surface area contributed by atoms with Crippen LogP contribution in [0.4, 0.5) is 0 Å². The van der Waals surface area contributed by atoms with Gasteiger partial charge in [0.25, 0.3) is 0 Å². The Hall–Kier alpha value is -0.370. The Morgan fingerprint density at radius 1 is 1.38 bits per heavy atom. The summed E-state index contributed by atoms with van der Waals surface area (Å²) in [6.07, 6.45) is 7.45. The molecule has 0 aromatic heterocycles. The monoisotopic (exact) mass is 225 g/mol. The molecule has 1 heterocycles. The van der Waals surface area contributed by atoms with Crippen LogP contribution in [0.2, 0.25) is 0 Å². The maximum absolute atomic E-state index is 11.1. The van der Waals surface area contributed by atoms with E-state index in [0.717, 1.165) is 12.3 Å². The Balaban J connectivity index is 2.37. The summed E-state index contributed by atoms with van der Waals surface area (Å²) in [7, 11) is 0. The molecule has 0 radical (unpaired) electrons. The Morgan fingerprint density at radius 3 is 2.75 bits per heavy atom. The van der Waals surface area contributed by atoms with E-state index in [1.807, 2.05) is 0 Å². The van der Waals surface area contributed by atoms with Gasteiger partial charge in [0.2, 0.25) is 0 Å². The largest absolute Gasteiger partial charge is 0.300 e. The van der Waals surface area contributed by atoms with Gasteiger partial charge in [-0.3, -0.25) is 4.79 Å². The number of ketones is 1. The average Bonchev–Trinajstić information content (AvgIpc) is 2.43.